The van der Waals surface area contributed by atoms with E-state index >= 15 is 0 Å². The first-order chi connectivity index (χ1) is 9.39. The van der Waals surface area contributed by atoms with E-state index in [0.717, 1.165) is 0 Å². The first-order valence-electron chi connectivity index (χ1n) is 6.40. The van der Waals surface area contributed by atoms with Crippen LogP contribution in [0.3, 0.4) is 0 Å². The highest BCUT2D eigenvalue weighted by Crippen LogP contribution is 2.34. The number of aromatic nitrogens is 3. The molecule has 1 fully saturated rings. The molecular formula is C13H16N4O3. The molecule has 0 aromatic carbocycles. The third-order valence-corrected chi connectivity index (χ3v) is 3.73. The average Bonchev–Trinajstić information content (AvgIpc) is 2.92. The molecule has 2 N–H and O–H groups in total. The Kier molecular flexibility index (Phi) is 2.68. The minimum atomic E-state index is -1.02. The lowest BCUT2D eigenvalue weighted by Gasteiger charge is -2.23. The van der Waals surface area contributed by atoms with Crippen molar-refractivity contribution in [2.75, 3.05) is 18.0 Å². The van der Waals surface area contributed by atoms with Crippen LogP contribution >= 0.6 is 0 Å². The van der Waals surface area contributed by atoms with E-state index in [0.29, 0.717) is 36.2 Å². The SMILES string of the molecule is Cn1ncc2c(N3CCC(C)(O)C3)c(C(=O)O)cnc21. The second-order valence-corrected chi connectivity index (χ2v) is 5.50. The molecule has 20 heavy (non-hydrogen) atoms. The van der Waals surface area contributed by atoms with Crippen molar-refractivity contribution in [3.05, 3.63) is 18.0 Å². The van der Waals surface area contributed by atoms with Gasteiger partial charge in [-0.15, -0.1) is 0 Å². The number of nitrogens with zero attached hydrogens (tertiary/aromatic N) is 4. The van der Waals surface area contributed by atoms with Gasteiger partial charge in [-0.1, -0.05) is 0 Å². The molecule has 0 bridgehead atoms. The first kappa shape index (κ1) is 12.9. The third kappa shape index (κ3) is 1.90. The summed E-state index contributed by atoms with van der Waals surface area (Å²) in [6.07, 6.45) is 3.59. The predicted octanol–water partition coefficient (Wildman–Crippen LogP) is 0.628. The molecule has 1 atom stereocenters. The quantitative estimate of drug-likeness (QED) is 0.836. The van der Waals surface area contributed by atoms with Crippen LogP contribution in [-0.2, 0) is 7.05 Å². The smallest absolute Gasteiger partial charge is 0.339 e. The predicted molar refractivity (Wildman–Crippen MR) is 72.9 cm³/mol. The molecule has 1 unspecified atom stereocenters. The summed E-state index contributed by atoms with van der Waals surface area (Å²) in [7, 11) is 1.76. The van der Waals surface area contributed by atoms with E-state index in [2.05, 4.69) is 10.1 Å². The zero-order valence-corrected chi connectivity index (χ0v) is 11.4. The molecule has 3 rings (SSSR count). The number of fused-ring (bicyclic) bond motifs is 1. The molecule has 1 aliphatic heterocycles. The van der Waals surface area contributed by atoms with Crippen molar-refractivity contribution in [2.24, 2.45) is 7.05 Å². The lowest BCUT2D eigenvalue weighted by atomic mass is 10.1. The fourth-order valence-electron chi connectivity index (χ4n) is 2.72. The highest BCUT2D eigenvalue weighted by Gasteiger charge is 2.34. The van der Waals surface area contributed by atoms with Crippen molar-refractivity contribution in [3.63, 3.8) is 0 Å². The molecular weight excluding hydrogens is 260 g/mol. The summed E-state index contributed by atoms with van der Waals surface area (Å²) in [5, 5.41) is 24.3. The molecule has 0 aliphatic carbocycles. The van der Waals surface area contributed by atoms with E-state index in [9.17, 15) is 15.0 Å². The van der Waals surface area contributed by atoms with Crippen LogP contribution in [0.2, 0.25) is 0 Å². The van der Waals surface area contributed by atoms with E-state index < -0.39 is 11.6 Å². The van der Waals surface area contributed by atoms with Gasteiger partial charge in [-0.25, -0.2) is 9.78 Å². The summed E-state index contributed by atoms with van der Waals surface area (Å²) in [5.41, 5.74) is 0.571. The molecule has 2 aromatic heterocycles. The summed E-state index contributed by atoms with van der Waals surface area (Å²) in [5.74, 6) is -1.02. The molecule has 7 heteroatoms. The van der Waals surface area contributed by atoms with E-state index in [1.807, 2.05) is 4.90 Å². The van der Waals surface area contributed by atoms with E-state index in [1.54, 1.807) is 24.9 Å². The minimum absolute atomic E-state index is 0.142. The van der Waals surface area contributed by atoms with Gasteiger partial charge in [0.1, 0.15) is 5.56 Å². The third-order valence-electron chi connectivity index (χ3n) is 3.73. The number of carboxylic acid groups (broad SMARTS) is 1. The number of rotatable bonds is 2. The Morgan fingerprint density at radius 3 is 2.80 bits per heavy atom. The van der Waals surface area contributed by atoms with E-state index in [4.69, 9.17) is 0 Å². The highest BCUT2D eigenvalue weighted by atomic mass is 16.4. The minimum Gasteiger partial charge on any atom is -0.478 e. The zero-order chi connectivity index (χ0) is 14.5. The number of hydrogen-bond acceptors (Lipinski definition) is 5. The first-order valence-corrected chi connectivity index (χ1v) is 6.40. The Morgan fingerprint density at radius 1 is 1.45 bits per heavy atom. The number of β-amino-alcohol motifs (C(OH)–C–C–N with tert-alkyl or cyclic N) is 1. The Bertz CT molecular complexity index is 692. The number of aryl methyl sites for hydroxylation is 1. The van der Waals surface area contributed by atoms with Crippen LogP contribution < -0.4 is 4.90 Å². The van der Waals surface area contributed by atoms with Gasteiger partial charge >= 0.3 is 5.97 Å². The summed E-state index contributed by atoms with van der Waals surface area (Å²) in [6.45, 7) is 2.78. The lowest BCUT2D eigenvalue weighted by molar-refractivity contribution is 0.0695. The van der Waals surface area contributed by atoms with E-state index in [-0.39, 0.29) is 5.56 Å². The Hall–Kier alpha value is -2.15. The average molecular weight is 276 g/mol. The van der Waals surface area contributed by atoms with Crippen molar-refractivity contribution in [2.45, 2.75) is 18.9 Å². The molecule has 1 aliphatic rings. The van der Waals surface area contributed by atoms with Crippen LogP contribution in [-0.4, -0.2) is 49.6 Å². The van der Waals surface area contributed by atoms with Crippen molar-refractivity contribution < 1.29 is 15.0 Å². The van der Waals surface area contributed by atoms with Crippen LogP contribution in [0.15, 0.2) is 12.4 Å². The molecule has 106 valence electrons. The fourth-order valence-corrected chi connectivity index (χ4v) is 2.72. The lowest BCUT2D eigenvalue weighted by Crippen LogP contribution is -2.30. The molecule has 0 radical (unpaired) electrons. The molecule has 3 heterocycles. The van der Waals surface area contributed by atoms with Crippen molar-refractivity contribution in [3.8, 4) is 0 Å². The fraction of sp³-hybridized carbons (Fsp3) is 0.462. The van der Waals surface area contributed by atoms with E-state index in [1.165, 1.54) is 6.20 Å². The van der Waals surface area contributed by atoms with Gasteiger partial charge < -0.3 is 15.1 Å². The highest BCUT2D eigenvalue weighted by molar-refractivity contribution is 6.03. The molecule has 7 nitrogen and oxygen atoms in total. The Labute approximate surface area is 115 Å². The van der Waals surface area contributed by atoms with Gasteiger partial charge in [-0.3, -0.25) is 4.68 Å². The number of pyridine rings is 1. The van der Waals surface area contributed by atoms with Crippen LogP contribution in [0.4, 0.5) is 5.69 Å². The second kappa shape index (κ2) is 4.17. The number of hydrogen-bond donors (Lipinski definition) is 2. The van der Waals surface area contributed by atoms with Gasteiger partial charge in [0.25, 0.3) is 0 Å². The molecule has 1 saturated heterocycles. The van der Waals surface area contributed by atoms with Crippen LogP contribution in [0.1, 0.15) is 23.7 Å². The standard InChI is InChI=1S/C13H16N4O3/c1-13(20)3-4-17(7-13)10-8-6-15-16(2)11(8)14-5-9(10)12(18)19/h5-6,20H,3-4,7H2,1-2H3,(H,18,19). The maximum Gasteiger partial charge on any atom is 0.339 e. The van der Waals surface area contributed by atoms with Crippen molar-refractivity contribution >= 4 is 22.7 Å². The van der Waals surface area contributed by atoms with Gasteiger partial charge in [0.15, 0.2) is 5.65 Å². The van der Waals surface area contributed by atoms with Crippen LogP contribution in [0.25, 0.3) is 11.0 Å². The second-order valence-electron chi connectivity index (χ2n) is 5.50. The Morgan fingerprint density at radius 2 is 2.20 bits per heavy atom. The Balaban J connectivity index is 2.20. The van der Waals surface area contributed by atoms with Gasteiger partial charge in [-0.05, 0) is 13.3 Å². The summed E-state index contributed by atoms with van der Waals surface area (Å²) in [4.78, 5) is 17.5. The monoisotopic (exact) mass is 276 g/mol. The number of carboxylic acids is 1. The normalized spacial score (nSPS) is 22.6. The summed E-state index contributed by atoms with van der Waals surface area (Å²) >= 11 is 0. The number of carbonyl (C=O) groups is 1. The van der Waals surface area contributed by atoms with Gasteiger partial charge in [0, 0.05) is 26.3 Å². The van der Waals surface area contributed by atoms with Gasteiger partial charge in [0.05, 0.1) is 22.9 Å². The largest absolute Gasteiger partial charge is 0.478 e. The maximum absolute atomic E-state index is 11.4. The molecule has 2 aromatic rings. The number of anilines is 1. The zero-order valence-electron chi connectivity index (χ0n) is 11.4. The number of aromatic carboxylic acids is 1. The number of aliphatic hydroxyl groups is 1. The van der Waals surface area contributed by atoms with Gasteiger partial charge in [-0.2, -0.15) is 5.10 Å². The van der Waals surface area contributed by atoms with Crippen LogP contribution in [0, 0.1) is 0 Å². The molecule has 0 spiro atoms. The molecule has 0 saturated carbocycles. The van der Waals surface area contributed by atoms with Crippen molar-refractivity contribution in [1.82, 2.24) is 14.8 Å². The molecule has 0 amide bonds. The maximum atomic E-state index is 11.4. The summed E-state index contributed by atoms with van der Waals surface area (Å²) < 4.78 is 1.61. The van der Waals surface area contributed by atoms with Crippen molar-refractivity contribution in [1.29, 1.82) is 0 Å². The summed E-state index contributed by atoms with van der Waals surface area (Å²) in [6, 6.07) is 0. The van der Waals surface area contributed by atoms with Gasteiger partial charge in [0.2, 0.25) is 0 Å². The topological polar surface area (TPSA) is 91.5 Å². The van der Waals surface area contributed by atoms with Crippen LogP contribution in [0.5, 0.6) is 0 Å².